The monoisotopic (exact) mass is 276 g/mol. The van der Waals surface area contributed by atoms with Gasteiger partial charge in [-0.1, -0.05) is 11.6 Å². The summed E-state index contributed by atoms with van der Waals surface area (Å²) in [6.45, 7) is 0.594. The van der Waals surface area contributed by atoms with Crippen molar-refractivity contribution in [3.8, 4) is 0 Å². The van der Waals surface area contributed by atoms with E-state index in [0.717, 1.165) is 17.5 Å². The fraction of sp³-hybridized carbons (Fsp3) is 0.444. The molecule has 0 aliphatic rings. The van der Waals surface area contributed by atoms with E-state index in [1.807, 2.05) is 0 Å². The van der Waals surface area contributed by atoms with Gasteiger partial charge in [0.2, 0.25) is 0 Å². The molecule has 0 aliphatic carbocycles. The first-order chi connectivity index (χ1) is 7.99. The average Bonchev–Trinajstić information content (AvgIpc) is 2.62. The Morgan fingerprint density at radius 1 is 1.76 bits per heavy atom. The third-order valence-electron chi connectivity index (χ3n) is 1.91. The molecule has 8 heteroatoms. The molecule has 0 radical (unpaired) electrons. The maximum Gasteiger partial charge on any atom is 0.274 e. The van der Waals surface area contributed by atoms with E-state index in [9.17, 15) is 10.1 Å². The Kier molecular flexibility index (Phi) is 5.17. The summed E-state index contributed by atoms with van der Waals surface area (Å²) in [4.78, 5) is 16.5. The zero-order chi connectivity index (χ0) is 12.8. The third-order valence-corrected chi connectivity index (χ3v) is 3.09. The Hall–Kier alpha value is -1.34. The number of nitro groups is 1. The van der Waals surface area contributed by atoms with Gasteiger partial charge in [0.15, 0.2) is 10.3 Å². The van der Waals surface area contributed by atoms with Crippen molar-refractivity contribution in [2.45, 2.75) is 6.42 Å². The van der Waals surface area contributed by atoms with E-state index in [2.05, 4.69) is 10.3 Å². The maximum absolute atomic E-state index is 10.4. The Labute approximate surface area is 108 Å². The first kappa shape index (κ1) is 13.7. The number of hydrogen-bond acceptors (Lipinski definition) is 6. The number of aromatic nitrogens is 1. The van der Waals surface area contributed by atoms with Crippen LogP contribution >= 0.6 is 22.9 Å². The van der Waals surface area contributed by atoms with Gasteiger partial charge in [-0.25, -0.2) is 4.98 Å². The zero-order valence-electron chi connectivity index (χ0n) is 9.51. The summed E-state index contributed by atoms with van der Waals surface area (Å²) in [6, 6.07) is 0. The van der Waals surface area contributed by atoms with E-state index >= 15 is 0 Å². The summed E-state index contributed by atoms with van der Waals surface area (Å²) in [7, 11) is 3.48. The lowest BCUT2D eigenvalue weighted by atomic mass is 10.4. The van der Waals surface area contributed by atoms with E-state index in [4.69, 9.17) is 11.6 Å². The molecule has 0 aromatic carbocycles. The molecule has 1 aromatic rings. The molecule has 0 saturated heterocycles. The van der Waals surface area contributed by atoms with Gasteiger partial charge in [-0.2, -0.15) is 0 Å². The van der Waals surface area contributed by atoms with Crippen LogP contribution in [-0.2, 0) is 6.42 Å². The lowest BCUT2D eigenvalue weighted by Crippen LogP contribution is -2.28. The zero-order valence-corrected chi connectivity index (χ0v) is 11.1. The van der Waals surface area contributed by atoms with Crippen molar-refractivity contribution in [2.24, 2.45) is 0 Å². The van der Waals surface area contributed by atoms with Crippen molar-refractivity contribution in [1.82, 2.24) is 15.2 Å². The van der Waals surface area contributed by atoms with Gasteiger partial charge >= 0.3 is 0 Å². The molecule has 1 aromatic heterocycles. The fourth-order valence-corrected chi connectivity index (χ4v) is 2.11. The van der Waals surface area contributed by atoms with E-state index in [1.54, 1.807) is 25.2 Å². The molecule has 0 unspecified atom stereocenters. The number of nitrogens with zero attached hydrogens (tertiary/aromatic N) is 3. The first-order valence-electron chi connectivity index (χ1n) is 4.85. The van der Waals surface area contributed by atoms with E-state index < -0.39 is 4.92 Å². The molecule has 0 aliphatic heterocycles. The van der Waals surface area contributed by atoms with Crippen LogP contribution in [0.5, 0.6) is 0 Å². The largest absolute Gasteiger partial charge is 0.366 e. The second kappa shape index (κ2) is 6.41. The molecule has 0 bridgehead atoms. The van der Waals surface area contributed by atoms with Crippen LogP contribution in [0.4, 0.5) is 0 Å². The Morgan fingerprint density at radius 3 is 2.94 bits per heavy atom. The summed E-state index contributed by atoms with van der Waals surface area (Å²) >= 11 is 7.11. The Balaban J connectivity index is 2.45. The van der Waals surface area contributed by atoms with Gasteiger partial charge < -0.3 is 10.2 Å². The minimum atomic E-state index is -0.480. The highest BCUT2D eigenvalue weighted by Gasteiger charge is 2.05. The number of halogens is 1. The van der Waals surface area contributed by atoms with Crippen LogP contribution in [0.1, 0.15) is 4.88 Å². The van der Waals surface area contributed by atoms with Gasteiger partial charge in [0.25, 0.3) is 6.20 Å². The average molecular weight is 277 g/mol. The fourth-order valence-electron chi connectivity index (χ4n) is 1.13. The Morgan fingerprint density at radius 2 is 2.47 bits per heavy atom. The molecule has 1 rings (SSSR count). The van der Waals surface area contributed by atoms with Crippen LogP contribution in [0.25, 0.3) is 0 Å². The highest BCUT2D eigenvalue weighted by molar-refractivity contribution is 7.15. The van der Waals surface area contributed by atoms with Gasteiger partial charge in [0, 0.05) is 38.1 Å². The quantitative estimate of drug-likeness (QED) is 0.631. The minimum Gasteiger partial charge on any atom is -0.366 e. The highest BCUT2D eigenvalue weighted by atomic mass is 35.5. The molecule has 17 heavy (non-hydrogen) atoms. The normalized spacial score (nSPS) is 11.4. The molecule has 1 N–H and O–H groups in total. The number of thiazole rings is 1. The SMILES string of the molecule is CN(C)/C(=C/[N+](=O)[O-])NCCc1cnc(Cl)s1. The lowest BCUT2D eigenvalue weighted by Gasteiger charge is -2.15. The van der Waals surface area contributed by atoms with Crippen LogP contribution in [0.15, 0.2) is 18.2 Å². The molecular formula is C9H13ClN4O2S. The van der Waals surface area contributed by atoms with Crippen LogP contribution in [0.3, 0.4) is 0 Å². The number of rotatable bonds is 6. The Bertz CT molecular complexity index is 419. The first-order valence-corrected chi connectivity index (χ1v) is 6.05. The second-order valence-corrected chi connectivity index (χ2v) is 5.15. The minimum absolute atomic E-state index is 0.464. The van der Waals surface area contributed by atoms with Gasteiger partial charge in [0.1, 0.15) is 0 Å². The summed E-state index contributed by atoms with van der Waals surface area (Å²) in [5.74, 6) is 0.464. The van der Waals surface area contributed by atoms with Crippen molar-refractivity contribution in [1.29, 1.82) is 0 Å². The molecule has 94 valence electrons. The van der Waals surface area contributed by atoms with Crippen LogP contribution < -0.4 is 5.32 Å². The van der Waals surface area contributed by atoms with Gasteiger partial charge in [-0.15, -0.1) is 11.3 Å². The predicted molar refractivity (Wildman–Crippen MR) is 67.6 cm³/mol. The molecule has 0 fully saturated rings. The molecule has 0 saturated carbocycles. The second-order valence-electron chi connectivity index (χ2n) is 3.45. The molecular weight excluding hydrogens is 264 g/mol. The standard InChI is InChI=1S/C9H13ClN4O2S/c1-13(2)8(6-14(15)16)11-4-3-7-5-12-9(10)17-7/h5-6,11H,3-4H2,1-2H3/b8-6+. The molecule has 0 amide bonds. The van der Waals surface area contributed by atoms with Crippen LogP contribution in [0.2, 0.25) is 4.47 Å². The van der Waals surface area contributed by atoms with E-state index in [0.29, 0.717) is 16.8 Å². The maximum atomic E-state index is 10.4. The van der Waals surface area contributed by atoms with Crippen molar-refractivity contribution in [3.63, 3.8) is 0 Å². The number of hydrogen-bond donors (Lipinski definition) is 1. The molecule has 6 nitrogen and oxygen atoms in total. The van der Waals surface area contributed by atoms with Crippen molar-refractivity contribution in [2.75, 3.05) is 20.6 Å². The number of nitrogens with one attached hydrogen (secondary N) is 1. The van der Waals surface area contributed by atoms with Crippen LogP contribution in [-0.4, -0.2) is 35.4 Å². The summed E-state index contributed by atoms with van der Waals surface area (Å²) in [5, 5.41) is 13.4. The van der Waals surface area contributed by atoms with Crippen LogP contribution in [0, 0.1) is 10.1 Å². The predicted octanol–water partition coefficient (Wildman–Crippen LogP) is 1.57. The van der Waals surface area contributed by atoms with Crippen molar-refractivity contribution >= 4 is 22.9 Å². The van der Waals surface area contributed by atoms with Gasteiger partial charge in [0.05, 0.1) is 4.92 Å². The molecule has 0 atom stereocenters. The van der Waals surface area contributed by atoms with E-state index in [1.165, 1.54) is 11.3 Å². The highest BCUT2D eigenvalue weighted by Crippen LogP contribution is 2.17. The van der Waals surface area contributed by atoms with Crippen molar-refractivity contribution < 1.29 is 4.92 Å². The lowest BCUT2D eigenvalue weighted by molar-refractivity contribution is -0.404. The topological polar surface area (TPSA) is 71.3 Å². The van der Waals surface area contributed by atoms with E-state index in [-0.39, 0.29) is 0 Å². The molecule has 1 heterocycles. The summed E-state index contributed by atoms with van der Waals surface area (Å²) in [5.41, 5.74) is 0. The smallest absolute Gasteiger partial charge is 0.274 e. The molecule has 0 spiro atoms. The summed E-state index contributed by atoms with van der Waals surface area (Å²) < 4.78 is 0.508. The third kappa shape index (κ3) is 5.01. The summed E-state index contributed by atoms with van der Waals surface area (Å²) in [6.07, 6.45) is 3.38. The van der Waals surface area contributed by atoms with Crippen molar-refractivity contribution in [3.05, 3.63) is 37.7 Å². The van der Waals surface area contributed by atoms with Gasteiger partial charge in [-0.05, 0) is 0 Å². The van der Waals surface area contributed by atoms with Gasteiger partial charge in [-0.3, -0.25) is 10.1 Å².